The summed E-state index contributed by atoms with van der Waals surface area (Å²) in [5.41, 5.74) is 0.955. The van der Waals surface area contributed by atoms with Crippen molar-refractivity contribution in [3.63, 3.8) is 0 Å². The molecule has 3 rings (SSSR count). The summed E-state index contributed by atoms with van der Waals surface area (Å²) in [6.45, 7) is 0. The van der Waals surface area contributed by atoms with E-state index >= 15 is 0 Å². The Kier molecular flexibility index (Phi) is 2.91. The number of hydrogen-bond donors (Lipinski definition) is 0. The second-order valence-electron chi connectivity index (χ2n) is 3.93. The van der Waals surface area contributed by atoms with Crippen molar-refractivity contribution in [2.24, 2.45) is 0 Å². The Balaban J connectivity index is 1.89. The highest BCUT2D eigenvalue weighted by Gasteiger charge is 2.06. The van der Waals surface area contributed by atoms with E-state index in [0.717, 1.165) is 23.2 Å². The Labute approximate surface area is 109 Å². The van der Waals surface area contributed by atoms with Gasteiger partial charge < -0.3 is 4.42 Å². The summed E-state index contributed by atoms with van der Waals surface area (Å²) in [5.74, 6) is 1.60. The number of para-hydroxylation sites is 1. The molecule has 2 heterocycles. The third kappa shape index (κ3) is 2.24. The fourth-order valence-electron chi connectivity index (χ4n) is 1.88. The lowest BCUT2D eigenvalue weighted by Gasteiger charge is -1.91. The first-order valence-corrected chi connectivity index (χ1v) is 6.81. The SMILES string of the molecule is ClCc1ccc(Cc2cc3ccccc3o2)s1. The van der Waals surface area contributed by atoms with Crippen LogP contribution < -0.4 is 0 Å². The lowest BCUT2D eigenvalue weighted by molar-refractivity contribution is 0.564. The van der Waals surface area contributed by atoms with Gasteiger partial charge in [-0.1, -0.05) is 18.2 Å². The summed E-state index contributed by atoms with van der Waals surface area (Å²) in [4.78, 5) is 2.50. The molecule has 0 saturated carbocycles. The maximum absolute atomic E-state index is 5.79. The van der Waals surface area contributed by atoms with Crippen molar-refractivity contribution in [2.75, 3.05) is 0 Å². The first kappa shape index (κ1) is 10.9. The molecule has 0 bridgehead atoms. The first-order valence-electron chi connectivity index (χ1n) is 5.46. The third-order valence-corrected chi connectivity index (χ3v) is 4.21. The summed E-state index contributed by atoms with van der Waals surface area (Å²) >= 11 is 7.54. The number of fused-ring (bicyclic) bond motifs is 1. The van der Waals surface area contributed by atoms with Gasteiger partial charge in [0.05, 0.1) is 5.88 Å². The second-order valence-corrected chi connectivity index (χ2v) is 5.45. The normalized spacial score (nSPS) is 11.1. The Hall–Kier alpha value is -1.25. The van der Waals surface area contributed by atoms with Crippen molar-refractivity contribution in [1.82, 2.24) is 0 Å². The van der Waals surface area contributed by atoms with E-state index in [1.165, 1.54) is 9.75 Å². The molecular formula is C14H11ClOS. The molecule has 0 fully saturated rings. The average Bonchev–Trinajstić information content (AvgIpc) is 2.94. The van der Waals surface area contributed by atoms with Gasteiger partial charge in [0.1, 0.15) is 11.3 Å². The number of halogens is 1. The highest BCUT2D eigenvalue weighted by molar-refractivity contribution is 7.12. The van der Waals surface area contributed by atoms with E-state index in [4.69, 9.17) is 16.0 Å². The van der Waals surface area contributed by atoms with Gasteiger partial charge in [-0.2, -0.15) is 0 Å². The molecule has 3 aromatic rings. The Morgan fingerprint density at radius 1 is 1.06 bits per heavy atom. The van der Waals surface area contributed by atoms with E-state index in [0.29, 0.717) is 5.88 Å². The minimum atomic E-state index is 0.588. The molecule has 2 aromatic heterocycles. The molecule has 1 aromatic carbocycles. The standard InChI is InChI=1S/C14H11ClOS/c15-9-13-6-5-12(17-13)8-11-7-10-3-1-2-4-14(10)16-11/h1-7H,8-9H2. The molecule has 86 valence electrons. The van der Waals surface area contributed by atoms with Crippen LogP contribution >= 0.6 is 22.9 Å². The van der Waals surface area contributed by atoms with Gasteiger partial charge in [-0.15, -0.1) is 22.9 Å². The largest absolute Gasteiger partial charge is 0.461 e. The Morgan fingerprint density at radius 2 is 1.88 bits per heavy atom. The molecule has 0 radical (unpaired) electrons. The maximum atomic E-state index is 5.79. The summed E-state index contributed by atoms with van der Waals surface area (Å²) in [5, 5.41) is 1.16. The molecule has 1 nitrogen and oxygen atoms in total. The molecule has 17 heavy (non-hydrogen) atoms. The molecular weight excluding hydrogens is 252 g/mol. The van der Waals surface area contributed by atoms with Crippen LogP contribution in [0.5, 0.6) is 0 Å². The number of hydrogen-bond acceptors (Lipinski definition) is 2. The predicted octanol–water partition coefficient (Wildman–Crippen LogP) is 4.82. The van der Waals surface area contributed by atoms with Gasteiger partial charge in [0.2, 0.25) is 0 Å². The third-order valence-electron chi connectivity index (χ3n) is 2.67. The number of alkyl halides is 1. The van der Waals surface area contributed by atoms with Crippen molar-refractivity contribution in [1.29, 1.82) is 0 Å². The number of furan rings is 1. The van der Waals surface area contributed by atoms with Crippen molar-refractivity contribution >= 4 is 33.9 Å². The van der Waals surface area contributed by atoms with Crippen LogP contribution in [0.15, 0.2) is 46.9 Å². The number of rotatable bonds is 3. The molecule has 0 aliphatic carbocycles. The van der Waals surface area contributed by atoms with E-state index < -0.39 is 0 Å². The van der Waals surface area contributed by atoms with E-state index in [1.54, 1.807) is 11.3 Å². The summed E-state index contributed by atoms with van der Waals surface area (Å²) < 4.78 is 5.79. The van der Waals surface area contributed by atoms with Gasteiger partial charge in [0.25, 0.3) is 0 Å². The lowest BCUT2D eigenvalue weighted by atomic mass is 10.2. The van der Waals surface area contributed by atoms with Crippen LogP contribution in [0.2, 0.25) is 0 Å². The highest BCUT2D eigenvalue weighted by atomic mass is 35.5. The quantitative estimate of drug-likeness (QED) is 0.617. The molecule has 0 aliphatic rings. The minimum absolute atomic E-state index is 0.588. The minimum Gasteiger partial charge on any atom is -0.461 e. The molecule has 0 N–H and O–H groups in total. The van der Waals surface area contributed by atoms with Crippen LogP contribution in [-0.2, 0) is 12.3 Å². The number of benzene rings is 1. The fourth-order valence-corrected chi connectivity index (χ4v) is 3.02. The van der Waals surface area contributed by atoms with Crippen LogP contribution in [-0.4, -0.2) is 0 Å². The summed E-state index contributed by atoms with van der Waals surface area (Å²) in [7, 11) is 0. The Morgan fingerprint density at radius 3 is 2.65 bits per heavy atom. The van der Waals surface area contributed by atoms with E-state index in [-0.39, 0.29) is 0 Å². The van der Waals surface area contributed by atoms with Crippen LogP contribution in [0.1, 0.15) is 15.5 Å². The number of thiophene rings is 1. The van der Waals surface area contributed by atoms with Gasteiger partial charge in [-0.3, -0.25) is 0 Å². The topological polar surface area (TPSA) is 13.1 Å². The smallest absolute Gasteiger partial charge is 0.134 e. The van der Waals surface area contributed by atoms with Gasteiger partial charge in [-0.25, -0.2) is 0 Å². The zero-order chi connectivity index (χ0) is 11.7. The monoisotopic (exact) mass is 262 g/mol. The van der Waals surface area contributed by atoms with Crippen molar-refractivity contribution in [3.8, 4) is 0 Å². The molecule has 0 amide bonds. The average molecular weight is 263 g/mol. The fraction of sp³-hybridized carbons (Fsp3) is 0.143. The summed E-state index contributed by atoms with van der Waals surface area (Å²) in [6, 6.07) is 14.4. The van der Waals surface area contributed by atoms with Gasteiger partial charge in [-0.05, 0) is 24.3 Å². The summed E-state index contributed by atoms with van der Waals surface area (Å²) in [6.07, 6.45) is 0.843. The van der Waals surface area contributed by atoms with Gasteiger partial charge in [0.15, 0.2) is 0 Å². The van der Waals surface area contributed by atoms with Crippen LogP contribution in [0.3, 0.4) is 0 Å². The first-order chi connectivity index (χ1) is 8.35. The van der Waals surface area contributed by atoms with Crippen molar-refractivity contribution < 1.29 is 4.42 Å². The Bertz CT molecular complexity index is 605. The van der Waals surface area contributed by atoms with Gasteiger partial charge >= 0.3 is 0 Å². The highest BCUT2D eigenvalue weighted by Crippen LogP contribution is 2.25. The van der Waals surface area contributed by atoms with Gasteiger partial charge in [0, 0.05) is 21.6 Å². The molecule has 0 unspecified atom stereocenters. The van der Waals surface area contributed by atoms with Crippen LogP contribution in [0.4, 0.5) is 0 Å². The molecule has 0 saturated heterocycles. The lowest BCUT2D eigenvalue weighted by Crippen LogP contribution is -1.78. The van der Waals surface area contributed by atoms with E-state index in [9.17, 15) is 0 Å². The van der Waals surface area contributed by atoms with Crippen molar-refractivity contribution in [3.05, 3.63) is 58.0 Å². The molecule has 0 aliphatic heterocycles. The molecule has 0 spiro atoms. The van der Waals surface area contributed by atoms with E-state index in [2.05, 4.69) is 24.3 Å². The van der Waals surface area contributed by atoms with E-state index in [1.807, 2.05) is 18.2 Å². The zero-order valence-electron chi connectivity index (χ0n) is 9.15. The molecule has 3 heteroatoms. The van der Waals surface area contributed by atoms with Crippen molar-refractivity contribution in [2.45, 2.75) is 12.3 Å². The van der Waals surface area contributed by atoms with Crippen LogP contribution in [0, 0.1) is 0 Å². The molecule has 0 atom stereocenters. The maximum Gasteiger partial charge on any atom is 0.134 e. The second kappa shape index (κ2) is 4.55. The predicted molar refractivity (Wildman–Crippen MR) is 72.9 cm³/mol. The zero-order valence-corrected chi connectivity index (χ0v) is 10.7. The van der Waals surface area contributed by atoms with Crippen LogP contribution in [0.25, 0.3) is 11.0 Å².